The molecule has 1 aliphatic heterocycles. The number of rotatable bonds is 7. The zero-order valence-electron chi connectivity index (χ0n) is 17.5. The number of carbonyl (C=O) groups excluding carboxylic acids is 1. The fourth-order valence-electron chi connectivity index (χ4n) is 4.03. The maximum atomic E-state index is 13.9. The third-order valence-corrected chi connectivity index (χ3v) is 6.24. The molecule has 0 bridgehead atoms. The summed E-state index contributed by atoms with van der Waals surface area (Å²) in [6.45, 7) is 4.04. The first-order valence-electron chi connectivity index (χ1n) is 9.98. The van der Waals surface area contributed by atoms with Crippen molar-refractivity contribution in [2.75, 3.05) is 34.0 Å². The van der Waals surface area contributed by atoms with E-state index in [4.69, 9.17) is 37.4 Å². The van der Waals surface area contributed by atoms with Gasteiger partial charge in [0.1, 0.15) is 0 Å². The van der Waals surface area contributed by atoms with Crippen molar-refractivity contribution in [1.29, 1.82) is 0 Å². The maximum absolute atomic E-state index is 13.9. The molecule has 0 spiro atoms. The lowest BCUT2D eigenvalue weighted by Crippen LogP contribution is -2.49. The Kier molecular flexibility index (Phi) is 7.50. The Hall–Kier alpha value is -1.95. The van der Waals surface area contributed by atoms with Crippen molar-refractivity contribution < 1.29 is 19.0 Å². The SMILES string of the molecule is CCN(Cc1ccc(OC)c(OC)c1)C(=O)C1(c2ccc(Cl)cc2Cl)CCOCC1. The van der Waals surface area contributed by atoms with Crippen LogP contribution in [0.3, 0.4) is 0 Å². The van der Waals surface area contributed by atoms with E-state index in [0.29, 0.717) is 60.7 Å². The van der Waals surface area contributed by atoms with Crippen LogP contribution in [0.25, 0.3) is 0 Å². The molecule has 0 unspecified atom stereocenters. The Bertz CT molecular complexity index is 897. The summed E-state index contributed by atoms with van der Waals surface area (Å²) in [5.41, 5.74) is 1.05. The van der Waals surface area contributed by atoms with Crippen LogP contribution < -0.4 is 9.47 Å². The van der Waals surface area contributed by atoms with Gasteiger partial charge in [-0.1, -0.05) is 35.3 Å². The van der Waals surface area contributed by atoms with Gasteiger partial charge in [-0.3, -0.25) is 4.79 Å². The molecule has 1 heterocycles. The second kappa shape index (κ2) is 9.90. The molecule has 0 aromatic heterocycles. The first-order chi connectivity index (χ1) is 14.4. The molecular weight excluding hydrogens is 425 g/mol. The highest BCUT2D eigenvalue weighted by molar-refractivity contribution is 6.35. The Balaban J connectivity index is 1.94. The molecule has 2 aromatic carbocycles. The van der Waals surface area contributed by atoms with E-state index in [1.807, 2.05) is 36.1 Å². The lowest BCUT2D eigenvalue weighted by Gasteiger charge is -2.40. The molecule has 1 fully saturated rings. The Morgan fingerprint density at radius 2 is 1.77 bits per heavy atom. The van der Waals surface area contributed by atoms with Gasteiger partial charge in [0.2, 0.25) is 5.91 Å². The number of amides is 1. The Labute approximate surface area is 187 Å². The number of likely N-dealkylation sites (N-methyl/N-ethyl adjacent to an activating group) is 1. The number of carbonyl (C=O) groups is 1. The van der Waals surface area contributed by atoms with E-state index in [2.05, 4.69) is 0 Å². The highest BCUT2D eigenvalue weighted by atomic mass is 35.5. The molecule has 162 valence electrons. The van der Waals surface area contributed by atoms with E-state index in [0.717, 1.165) is 11.1 Å². The largest absolute Gasteiger partial charge is 0.493 e. The summed E-state index contributed by atoms with van der Waals surface area (Å²) in [7, 11) is 3.20. The van der Waals surface area contributed by atoms with Gasteiger partial charge in [-0.15, -0.1) is 0 Å². The van der Waals surface area contributed by atoms with E-state index in [1.54, 1.807) is 26.4 Å². The van der Waals surface area contributed by atoms with Gasteiger partial charge in [0.15, 0.2) is 11.5 Å². The molecule has 5 nitrogen and oxygen atoms in total. The average molecular weight is 452 g/mol. The predicted molar refractivity (Wildman–Crippen MR) is 119 cm³/mol. The molecule has 30 heavy (non-hydrogen) atoms. The fourth-order valence-corrected chi connectivity index (χ4v) is 4.61. The van der Waals surface area contributed by atoms with Crippen molar-refractivity contribution in [2.24, 2.45) is 0 Å². The third-order valence-electron chi connectivity index (χ3n) is 5.69. The van der Waals surface area contributed by atoms with E-state index in [1.165, 1.54) is 0 Å². The summed E-state index contributed by atoms with van der Waals surface area (Å²) in [6.07, 6.45) is 1.16. The molecule has 0 N–H and O–H groups in total. The summed E-state index contributed by atoms with van der Waals surface area (Å²) in [4.78, 5) is 15.8. The Morgan fingerprint density at radius 1 is 1.07 bits per heavy atom. The summed E-state index contributed by atoms with van der Waals surface area (Å²) in [5, 5.41) is 1.07. The second-order valence-corrected chi connectivity index (χ2v) is 8.17. The van der Waals surface area contributed by atoms with Crippen molar-refractivity contribution in [1.82, 2.24) is 4.90 Å². The number of benzene rings is 2. The maximum Gasteiger partial charge on any atom is 0.233 e. The lowest BCUT2D eigenvalue weighted by molar-refractivity contribution is -0.141. The lowest BCUT2D eigenvalue weighted by atomic mass is 9.72. The van der Waals surface area contributed by atoms with Crippen LogP contribution in [-0.2, 0) is 21.5 Å². The number of nitrogens with zero attached hydrogens (tertiary/aromatic N) is 1. The minimum Gasteiger partial charge on any atom is -0.493 e. The third kappa shape index (κ3) is 4.53. The number of ether oxygens (including phenoxy) is 3. The second-order valence-electron chi connectivity index (χ2n) is 7.33. The van der Waals surface area contributed by atoms with Crippen LogP contribution in [0.2, 0.25) is 10.0 Å². The van der Waals surface area contributed by atoms with E-state index < -0.39 is 5.41 Å². The fraction of sp³-hybridized carbons (Fsp3) is 0.435. The zero-order chi connectivity index (χ0) is 21.7. The van der Waals surface area contributed by atoms with Crippen LogP contribution in [0, 0.1) is 0 Å². The van der Waals surface area contributed by atoms with E-state index >= 15 is 0 Å². The standard InChI is InChI=1S/C23H27Cl2NO4/c1-4-26(15-16-5-8-20(28-2)21(13-16)29-3)22(27)23(9-11-30-12-10-23)18-7-6-17(24)14-19(18)25/h5-8,13-14H,4,9-12,15H2,1-3H3. The summed E-state index contributed by atoms with van der Waals surface area (Å²) in [5.74, 6) is 1.34. The van der Waals surface area contributed by atoms with Crippen LogP contribution in [0.5, 0.6) is 11.5 Å². The van der Waals surface area contributed by atoms with Gasteiger partial charge in [0, 0.05) is 36.3 Å². The molecule has 1 saturated heterocycles. The topological polar surface area (TPSA) is 48.0 Å². The van der Waals surface area contributed by atoms with Crippen molar-refractivity contribution in [3.8, 4) is 11.5 Å². The van der Waals surface area contributed by atoms with Gasteiger partial charge >= 0.3 is 0 Å². The smallest absolute Gasteiger partial charge is 0.233 e. The van der Waals surface area contributed by atoms with Gasteiger partial charge in [-0.2, -0.15) is 0 Å². The molecule has 1 aliphatic rings. The molecule has 0 radical (unpaired) electrons. The molecule has 0 aliphatic carbocycles. The van der Waals surface area contributed by atoms with Gasteiger partial charge in [0.05, 0.1) is 19.6 Å². The van der Waals surface area contributed by atoms with E-state index in [-0.39, 0.29) is 5.91 Å². The number of methoxy groups -OCH3 is 2. The van der Waals surface area contributed by atoms with Crippen LogP contribution in [0.15, 0.2) is 36.4 Å². The normalized spacial score (nSPS) is 15.5. The molecule has 1 amide bonds. The monoisotopic (exact) mass is 451 g/mol. The van der Waals surface area contributed by atoms with Crippen molar-refractivity contribution in [2.45, 2.75) is 31.7 Å². The molecule has 7 heteroatoms. The van der Waals surface area contributed by atoms with Gasteiger partial charge in [0.25, 0.3) is 0 Å². The summed E-state index contributed by atoms with van der Waals surface area (Å²) < 4.78 is 16.3. The minimum atomic E-state index is -0.730. The van der Waals surface area contributed by atoms with Crippen LogP contribution in [0.4, 0.5) is 0 Å². The highest BCUT2D eigenvalue weighted by Gasteiger charge is 2.45. The molecule has 3 rings (SSSR count). The minimum absolute atomic E-state index is 0.0484. The van der Waals surface area contributed by atoms with Gasteiger partial charge in [-0.25, -0.2) is 0 Å². The molecule has 0 atom stereocenters. The van der Waals surface area contributed by atoms with Crippen molar-refractivity contribution in [3.05, 3.63) is 57.6 Å². The molecule has 2 aromatic rings. The van der Waals surface area contributed by atoms with Crippen molar-refractivity contribution >= 4 is 29.1 Å². The number of hydrogen-bond acceptors (Lipinski definition) is 4. The van der Waals surface area contributed by atoms with Crippen molar-refractivity contribution in [3.63, 3.8) is 0 Å². The summed E-state index contributed by atoms with van der Waals surface area (Å²) >= 11 is 12.7. The summed E-state index contributed by atoms with van der Waals surface area (Å²) in [6, 6.07) is 11.1. The Morgan fingerprint density at radius 3 is 2.37 bits per heavy atom. The number of halogens is 2. The van der Waals surface area contributed by atoms with Gasteiger partial charge in [-0.05, 0) is 55.2 Å². The quantitative estimate of drug-likeness (QED) is 0.586. The highest BCUT2D eigenvalue weighted by Crippen LogP contribution is 2.41. The van der Waals surface area contributed by atoms with Crippen LogP contribution >= 0.6 is 23.2 Å². The van der Waals surface area contributed by atoms with Gasteiger partial charge < -0.3 is 19.1 Å². The van der Waals surface area contributed by atoms with E-state index in [9.17, 15) is 4.79 Å². The molecule has 0 saturated carbocycles. The zero-order valence-corrected chi connectivity index (χ0v) is 19.1. The first kappa shape index (κ1) is 22.7. The average Bonchev–Trinajstić information content (AvgIpc) is 2.77. The molecular formula is C23H27Cl2NO4. The predicted octanol–water partition coefficient (Wildman–Crippen LogP) is 5.11. The van der Waals surface area contributed by atoms with Crippen LogP contribution in [-0.4, -0.2) is 44.8 Å². The van der Waals surface area contributed by atoms with Crippen LogP contribution in [0.1, 0.15) is 30.9 Å². The first-order valence-corrected chi connectivity index (χ1v) is 10.7. The number of hydrogen-bond donors (Lipinski definition) is 0.